The van der Waals surface area contributed by atoms with E-state index in [0.29, 0.717) is 6.61 Å². The minimum Gasteiger partial charge on any atom is -0.380 e. The van der Waals surface area contributed by atoms with Gasteiger partial charge in [-0.15, -0.1) is 0 Å². The first-order valence-corrected chi connectivity index (χ1v) is 5.74. The van der Waals surface area contributed by atoms with Crippen molar-refractivity contribution in [2.75, 3.05) is 27.3 Å². The zero-order chi connectivity index (χ0) is 9.90. The quantitative estimate of drug-likeness (QED) is 0.684. The van der Waals surface area contributed by atoms with Gasteiger partial charge in [0.25, 0.3) is 10.2 Å². The average molecular weight is 208 g/mol. The molecule has 1 atom stereocenters. The van der Waals surface area contributed by atoms with Crippen molar-refractivity contribution in [1.29, 1.82) is 0 Å². The highest BCUT2D eigenvalue weighted by molar-refractivity contribution is 7.87. The molecule has 1 N–H and O–H groups in total. The molecule has 78 valence electrons. The Morgan fingerprint density at radius 1 is 1.46 bits per heavy atom. The van der Waals surface area contributed by atoms with E-state index in [1.807, 2.05) is 0 Å². The molecular formula is C7H16N2O3S. The summed E-state index contributed by atoms with van der Waals surface area (Å²) < 4.78 is 31.6. The van der Waals surface area contributed by atoms with Crippen LogP contribution in [0.4, 0.5) is 0 Å². The Morgan fingerprint density at radius 3 is 2.62 bits per heavy atom. The molecule has 0 radical (unpaired) electrons. The van der Waals surface area contributed by atoms with E-state index in [1.165, 1.54) is 18.4 Å². The molecule has 1 rings (SSSR count). The highest BCUT2D eigenvalue weighted by Gasteiger charge is 2.21. The summed E-state index contributed by atoms with van der Waals surface area (Å²) in [6, 6.07) is -0.0684. The Bertz CT molecular complexity index is 244. The van der Waals surface area contributed by atoms with Crippen LogP contribution in [0.5, 0.6) is 0 Å². The molecule has 0 aromatic rings. The summed E-state index contributed by atoms with van der Waals surface area (Å²) >= 11 is 0. The summed E-state index contributed by atoms with van der Waals surface area (Å²) in [5.74, 6) is 0. The molecule has 0 aromatic heterocycles. The third-order valence-corrected chi connectivity index (χ3v) is 3.55. The summed E-state index contributed by atoms with van der Waals surface area (Å²) in [6.07, 6.45) is 1.77. The number of hydrogen-bond donors (Lipinski definition) is 1. The number of rotatable bonds is 3. The van der Waals surface area contributed by atoms with E-state index in [9.17, 15) is 8.42 Å². The molecular weight excluding hydrogens is 192 g/mol. The maximum Gasteiger partial charge on any atom is 0.279 e. The lowest BCUT2D eigenvalue weighted by molar-refractivity contribution is 0.0770. The first-order chi connectivity index (χ1) is 6.02. The minimum absolute atomic E-state index is 0.0684. The van der Waals surface area contributed by atoms with Crippen molar-refractivity contribution in [2.24, 2.45) is 0 Å². The largest absolute Gasteiger partial charge is 0.380 e. The second-order valence-corrected chi connectivity index (χ2v) is 5.24. The Hall–Kier alpha value is -0.170. The van der Waals surface area contributed by atoms with E-state index in [2.05, 4.69) is 4.72 Å². The molecule has 1 fully saturated rings. The third-order valence-electron chi connectivity index (χ3n) is 1.96. The van der Waals surface area contributed by atoms with E-state index in [-0.39, 0.29) is 6.04 Å². The Morgan fingerprint density at radius 2 is 2.15 bits per heavy atom. The van der Waals surface area contributed by atoms with Crippen LogP contribution >= 0.6 is 0 Å². The Kier molecular flexibility index (Phi) is 3.66. The molecule has 0 unspecified atom stereocenters. The van der Waals surface area contributed by atoms with Gasteiger partial charge >= 0.3 is 0 Å². The van der Waals surface area contributed by atoms with Crippen LogP contribution in [-0.4, -0.2) is 46.1 Å². The molecule has 1 saturated heterocycles. The zero-order valence-electron chi connectivity index (χ0n) is 7.99. The van der Waals surface area contributed by atoms with Gasteiger partial charge in [-0.3, -0.25) is 0 Å². The second kappa shape index (κ2) is 4.36. The van der Waals surface area contributed by atoms with Crippen LogP contribution in [0.25, 0.3) is 0 Å². The van der Waals surface area contributed by atoms with Gasteiger partial charge in [-0.25, -0.2) is 0 Å². The number of nitrogens with zero attached hydrogens (tertiary/aromatic N) is 1. The number of ether oxygens (including phenoxy) is 1. The lowest BCUT2D eigenvalue weighted by Crippen LogP contribution is -2.45. The van der Waals surface area contributed by atoms with Crippen molar-refractivity contribution >= 4 is 10.2 Å². The van der Waals surface area contributed by atoms with Crippen LogP contribution in [0.3, 0.4) is 0 Å². The predicted molar refractivity (Wildman–Crippen MR) is 49.6 cm³/mol. The van der Waals surface area contributed by atoms with Crippen LogP contribution < -0.4 is 4.72 Å². The first kappa shape index (κ1) is 10.9. The van der Waals surface area contributed by atoms with Crippen molar-refractivity contribution in [1.82, 2.24) is 9.03 Å². The van der Waals surface area contributed by atoms with Crippen LogP contribution in [0.15, 0.2) is 0 Å². The monoisotopic (exact) mass is 208 g/mol. The molecule has 1 heterocycles. The maximum atomic E-state index is 11.4. The zero-order valence-corrected chi connectivity index (χ0v) is 8.80. The summed E-state index contributed by atoms with van der Waals surface area (Å²) in [7, 11) is -0.283. The van der Waals surface area contributed by atoms with E-state index in [1.54, 1.807) is 0 Å². The Balaban J connectivity index is 2.47. The molecule has 0 saturated carbocycles. The number of hydrogen-bond acceptors (Lipinski definition) is 3. The van der Waals surface area contributed by atoms with E-state index >= 15 is 0 Å². The first-order valence-electron chi connectivity index (χ1n) is 4.30. The molecule has 0 bridgehead atoms. The van der Waals surface area contributed by atoms with E-state index in [0.717, 1.165) is 19.4 Å². The summed E-state index contributed by atoms with van der Waals surface area (Å²) in [6.45, 7) is 1.22. The third kappa shape index (κ3) is 3.22. The molecule has 5 nitrogen and oxygen atoms in total. The van der Waals surface area contributed by atoms with Crippen molar-refractivity contribution < 1.29 is 13.2 Å². The summed E-state index contributed by atoms with van der Waals surface area (Å²) in [4.78, 5) is 0. The molecule has 0 aromatic carbocycles. The van der Waals surface area contributed by atoms with Crippen molar-refractivity contribution in [3.63, 3.8) is 0 Å². The number of nitrogens with one attached hydrogen (secondary N) is 1. The molecule has 0 amide bonds. The van der Waals surface area contributed by atoms with Crippen LogP contribution in [-0.2, 0) is 14.9 Å². The molecule has 0 spiro atoms. The molecule has 0 aliphatic carbocycles. The van der Waals surface area contributed by atoms with E-state index < -0.39 is 10.2 Å². The van der Waals surface area contributed by atoms with Gasteiger partial charge in [-0.05, 0) is 12.8 Å². The topological polar surface area (TPSA) is 58.6 Å². The lowest BCUT2D eigenvalue weighted by atomic mass is 10.1. The highest BCUT2D eigenvalue weighted by atomic mass is 32.2. The van der Waals surface area contributed by atoms with Gasteiger partial charge in [0.2, 0.25) is 0 Å². The van der Waals surface area contributed by atoms with Crippen LogP contribution in [0.2, 0.25) is 0 Å². The van der Waals surface area contributed by atoms with Gasteiger partial charge in [-0.1, -0.05) is 0 Å². The standard InChI is InChI=1S/C7H16N2O3S/c1-9(2)13(10,11)8-7-4-3-5-12-6-7/h7-8H,3-6H2,1-2H3/t7-/m0/s1. The summed E-state index contributed by atoms with van der Waals surface area (Å²) in [5, 5.41) is 0. The normalized spacial score (nSPS) is 25.0. The van der Waals surface area contributed by atoms with Crippen molar-refractivity contribution in [2.45, 2.75) is 18.9 Å². The maximum absolute atomic E-state index is 11.4. The lowest BCUT2D eigenvalue weighted by Gasteiger charge is -2.24. The molecule has 1 aliphatic rings. The van der Waals surface area contributed by atoms with Crippen molar-refractivity contribution in [3.05, 3.63) is 0 Å². The van der Waals surface area contributed by atoms with Gasteiger partial charge in [0.05, 0.1) is 6.61 Å². The van der Waals surface area contributed by atoms with Crippen LogP contribution in [0.1, 0.15) is 12.8 Å². The minimum atomic E-state index is -3.29. The molecule has 13 heavy (non-hydrogen) atoms. The smallest absolute Gasteiger partial charge is 0.279 e. The van der Waals surface area contributed by atoms with Gasteiger partial charge < -0.3 is 4.74 Å². The van der Waals surface area contributed by atoms with Crippen molar-refractivity contribution in [3.8, 4) is 0 Å². The fourth-order valence-corrected chi connectivity index (χ4v) is 1.97. The van der Waals surface area contributed by atoms with Gasteiger partial charge in [0.15, 0.2) is 0 Å². The summed E-state index contributed by atoms with van der Waals surface area (Å²) in [5.41, 5.74) is 0. The van der Waals surface area contributed by atoms with Crippen LogP contribution in [0, 0.1) is 0 Å². The highest BCUT2D eigenvalue weighted by Crippen LogP contribution is 2.07. The fraction of sp³-hybridized carbons (Fsp3) is 1.00. The average Bonchev–Trinajstić information content (AvgIpc) is 2.05. The Labute approximate surface area is 79.2 Å². The second-order valence-electron chi connectivity index (χ2n) is 3.32. The van der Waals surface area contributed by atoms with Gasteiger partial charge in [0, 0.05) is 26.7 Å². The fourth-order valence-electron chi connectivity index (χ4n) is 1.15. The van der Waals surface area contributed by atoms with E-state index in [4.69, 9.17) is 4.74 Å². The SMILES string of the molecule is CN(C)S(=O)(=O)N[C@H]1CCCOC1. The molecule has 1 aliphatic heterocycles. The van der Waals surface area contributed by atoms with Gasteiger partial charge in [-0.2, -0.15) is 17.4 Å². The molecule has 6 heteroatoms. The predicted octanol–water partition coefficient (Wildman–Crippen LogP) is -0.439. The van der Waals surface area contributed by atoms with Gasteiger partial charge in [0.1, 0.15) is 0 Å².